The van der Waals surface area contributed by atoms with Gasteiger partial charge >= 0.3 is 0 Å². The standard InChI is InChI=1S/C11H16N2O/c1-9-3-4-12-10(2)11(9)13-5-7-14-8-6-13/h3-4H,5-8H2,1-2H3. The van der Waals surface area contributed by atoms with Crippen LogP contribution >= 0.6 is 0 Å². The van der Waals surface area contributed by atoms with E-state index in [1.54, 1.807) is 0 Å². The summed E-state index contributed by atoms with van der Waals surface area (Å²) in [5.74, 6) is 0. The van der Waals surface area contributed by atoms with Crippen molar-refractivity contribution in [3.8, 4) is 0 Å². The van der Waals surface area contributed by atoms with Gasteiger partial charge in [-0.15, -0.1) is 0 Å². The molecule has 0 unspecified atom stereocenters. The van der Waals surface area contributed by atoms with E-state index in [1.807, 2.05) is 6.20 Å². The Labute approximate surface area is 84.7 Å². The van der Waals surface area contributed by atoms with Crippen LogP contribution in [0.1, 0.15) is 11.3 Å². The molecular weight excluding hydrogens is 176 g/mol. The van der Waals surface area contributed by atoms with E-state index in [1.165, 1.54) is 11.3 Å². The molecule has 1 aromatic rings. The molecule has 3 nitrogen and oxygen atoms in total. The highest BCUT2D eigenvalue weighted by molar-refractivity contribution is 5.56. The number of aryl methyl sites for hydroxylation is 2. The molecule has 0 bridgehead atoms. The lowest BCUT2D eigenvalue weighted by atomic mass is 10.1. The summed E-state index contributed by atoms with van der Waals surface area (Å²) >= 11 is 0. The third-order valence-corrected chi connectivity index (χ3v) is 2.64. The van der Waals surface area contributed by atoms with Gasteiger partial charge in [0.05, 0.1) is 24.6 Å². The fraction of sp³-hybridized carbons (Fsp3) is 0.545. The topological polar surface area (TPSA) is 25.4 Å². The Kier molecular flexibility index (Phi) is 2.68. The van der Waals surface area contributed by atoms with Crippen LogP contribution in [0.3, 0.4) is 0 Å². The zero-order chi connectivity index (χ0) is 9.97. The summed E-state index contributed by atoms with van der Waals surface area (Å²) < 4.78 is 5.34. The minimum absolute atomic E-state index is 0.827. The SMILES string of the molecule is Cc1ccnc(C)c1N1CCOCC1. The lowest BCUT2D eigenvalue weighted by Gasteiger charge is -2.30. The number of hydrogen-bond donors (Lipinski definition) is 0. The van der Waals surface area contributed by atoms with Gasteiger partial charge in [-0.2, -0.15) is 0 Å². The Balaban J connectivity index is 2.29. The Morgan fingerprint density at radius 1 is 1.29 bits per heavy atom. The molecular formula is C11H16N2O. The zero-order valence-electron chi connectivity index (χ0n) is 8.79. The van der Waals surface area contributed by atoms with Crippen LogP contribution in [0.4, 0.5) is 5.69 Å². The van der Waals surface area contributed by atoms with E-state index < -0.39 is 0 Å². The Morgan fingerprint density at radius 3 is 2.64 bits per heavy atom. The molecule has 0 amide bonds. The average Bonchev–Trinajstić information content (AvgIpc) is 2.19. The van der Waals surface area contributed by atoms with Crippen molar-refractivity contribution in [2.45, 2.75) is 13.8 Å². The first kappa shape index (κ1) is 9.46. The number of hydrogen-bond acceptors (Lipinski definition) is 3. The number of nitrogens with zero attached hydrogens (tertiary/aromatic N) is 2. The summed E-state index contributed by atoms with van der Waals surface area (Å²) in [7, 11) is 0. The first-order valence-corrected chi connectivity index (χ1v) is 5.04. The molecule has 0 radical (unpaired) electrons. The largest absolute Gasteiger partial charge is 0.378 e. The summed E-state index contributed by atoms with van der Waals surface area (Å²) in [6, 6.07) is 2.07. The molecule has 2 heterocycles. The molecule has 1 aliphatic heterocycles. The van der Waals surface area contributed by atoms with Gasteiger partial charge in [-0.25, -0.2) is 0 Å². The van der Waals surface area contributed by atoms with E-state index in [0.29, 0.717) is 0 Å². The summed E-state index contributed by atoms with van der Waals surface area (Å²) in [5.41, 5.74) is 3.71. The minimum atomic E-state index is 0.827. The monoisotopic (exact) mass is 192 g/mol. The first-order chi connectivity index (χ1) is 6.79. The molecule has 1 saturated heterocycles. The number of pyridine rings is 1. The van der Waals surface area contributed by atoms with Gasteiger partial charge in [0.1, 0.15) is 0 Å². The van der Waals surface area contributed by atoms with Crippen molar-refractivity contribution in [1.29, 1.82) is 0 Å². The maximum atomic E-state index is 5.34. The van der Waals surface area contributed by atoms with Crippen molar-refractivity contribution >= 4 is 5.69 Å². The van der Waals surface area contributed by atoms with Gasteiger partial charge in [0, 0.05) is 19.3 Å². The van der Waals surface area contributed by atoms with Gasteiger partial charge in [0.25, 0.3) is 0 Å². The molecule has 1 fully saturated rings. The molecule has 0 aliphatic carbocycles. The third kappa shape index (κ3) is 1.73. The highest BCUT2D eigenvalue weighted by Crippen LogP contribution is 2.23. The molecule has 76 valence electrons. The Morgan fingerprint density at radius 2 is 2.00 bits per heavy atom. The average molecular weight is 192 g/mol. The summed E-state index contributed by atoms with van der Waals surface area (Å²) in [6.07, 6.45) is 1.87. The van der Waals surface area contributed by atoms with Crippen LogP contribution in [-0.4, -0.2) is 31.3 Å². The molecule has 0 N–H and O–H groups in total. The van der Waals surface area contributed by atoms with Crippen LogP contribution in [0.5, 0.6) is 0 Å². The zero-order valence-corrected chi connectivity index (χ0v) is 8.79. The summed E-state index contributed by atoms with van der Waals surface area (Å²) in [4.78, 5) is 6.69. The molecule has 0 aromatic carbocycles. The molecule has 1 aliphatic rings. The van der Waals surface area contributed by atoms with Crippen molar-refractivity contribution in [2.24, 2.45) is 0 Å². The van der Waals surface area contributed by atoms with Crippen molar-refractivity contribution < 1.29 is 4.74 Å². The van der Waals surface area contributed by atoms with Crippen molar-refractivity contribution in [3.05, 3.63) is 23.5 Å². The number of aromatic nitrogens is 1. The second-order valence-corrected chi connectivity index (χ2v) is 3.66. The molecule has 2 rings (SSSR count). The van der Waals surface area contributed by atoms with E-state index in [-0.39, 0.29) is 0 Å². The van der Waals surface area contributed by atoms with E-state index in [4.69, 9.17) is 4.74 Å². The maximum absolute atomic E-state index is 5.34. The predicted molar refractivity (Wildman–Crippen MR) is 56.7 cm³/mol. The van der Waals surface area contributed by atoms with Gasteiger partial charge in [0.2, 0.25) is 0 Å². The van der Waals surface area contributed by atoms with Crippen LogP contribution in [0.15, 0.2) is 12.3 Å². The normalized spacial score (nSPS) is 17.1. The van der Waals surface area contributed by atoms with Gasteiger partial charge in [-0.1, -0.05) is 0 Å². The van der Waals surface area contributed by atoms with Crippen molar-refractivity contribution in [2.75, 3.05) is 31.2 Å². The van der Waals surface area contributed by atoms with Gasteiger partial charge in [-0.3, -0.25) is 4.98 Å². The second-order valence-electron chi connectivity index (χ2n) is 3.66. The van der Waals surface area contributed by atoms with Gasteiger partial charge < -0.3 is 9.64 Å². The molecule has 0 atom stereocenters. The molecule has 0 spiro atoms. The highest BCUT2D eigenvalue weighted by Gasteiger charge is 2.15. The lowest BCUT2D eigenvalue weighted by Crippen LogP contribution is -2.37. The van der Waals surface area contributed by atoms with E-state index in [0.717, 1.165) is 32.0 Å². The number of ether oxygens (including phenoxy) is 1. The predicted octanol–water partition coefficient (Wildman–Crippen LogP) is 1.54. The van der Waals surface area contributed by atoms with Crippen LogP contribution in [0.25, 0.3) is 0 Å². The Bertz CT molecular complexity index is 299. The van der Waals surface area contributed by atoms with Crippen LogP contribution < -0.4 is 4.90 Å². The smallest absolute Gasteiger partial charge is 0.0642 e. The van der Waals surface area contributed by atoms with Gasteiger partial charge in [-0.05, 0) is 25.5 Å². The number of anilines is 1. The minimum Gasteiger partial charge on any atom is -0.378 e. The maximum Gasteiger partial charge on any atom is 0.0642 e. The number of rotatable bonds is 1. The molecule has 3 heteroatoms. The Hall–Kier alpha value is -1.09. The van der Waals surface area contributed by atoms with E-state index >= 15 is 0 Å². The van der Waals surface area contributed by atoms with Crippen LogP contribution in [0, 0.1) is 13.8 Å². The quantitative estimate of drug-likeness (QED) is 0.674. The fourth-order valence-electron chi connectivity index (χ4n) is 1.95. The van der Waals surface area contributed by atoms with Gasteiger partial charge in [0.15, 0.2) is 0 Å². The fourth-order valence-corrected chi connectivity index (χ4v) is 1.95. The third-order valence-electron chi connectivity index (χ3n) is 2.64. The molecule has 14 heavy (non-hydrogen) atoms. The van der Waals surface area contributed by atoms with Crippen molar-refractivity contribution in [3.63, 3.8) is 0 Å². The number of morpholine rings is 1. The second kappa shape index (κ2) is 3.96. The first-order valence-electron chi connectivity index (χ1n) is 5.04. The molecule has 1 aromatic heterocycles. The molecule has 0 saturated carbocycles. The highest BCUT2D eigenvalue weighted by atomic mass is 16.5. The lowest BCUT2D eigenvalue weighted by molar-refractivity contribution is 0.122. The summed E-state index contributed by atoms with van der Waals surface area (Å²) in [6.45, 7) is 7.82. The van der Waals surface area contributed by atoms with E-state index in [9.17, 15) is 0 Å². The summed E-state index contributed by atoms with van der Waals surface area (Å²) in [5, 5.41) is 0. The van der Waals surface area contributed by atoms with Crippen LogP contribution in [0.2, 0.25) is 0 Å². The van der Waals surface area contributed by atoms with Crippen molar-refractivity contribution in [1.82, 2.24) is 4.98 Å². The van der Waals surface area contributed by atoms with E-state index in [2.05, 4.69) is 29.8 Å². The van der Waals surface area contributed by atoms with Crippen LogP contribution in [-0.2, 0) is 4.74 Å².